The van der Waals surface area contributed by atoms with E-state index in [9.17, 15) is 14.0 Å². The van der Waals surface area contributed by atoms with Crippen molar-refractivity contribution in [1.82, 2.24) is 0 Å². The Hall–Kier alpha value is -3.35. The number of anilines is 1. The van der Waals surface area contributed by atoms with Crippen molar-refractivity contribution >= 4 is 23.6 Å². The zero-order chi connectivity index (χ0) is 20.5. The number of likely N-dealkylation sites (N-methyl/N-ethyl adjacent to an activating group) is 1. The Balaban J connectivity index is 1.96. The van der Waals surface area contributed by atoms with Crippen LogP contribution in [0.4, 0.5) is 10.1 Å². The fourth-order valence-electron chi connectivity index (χ4n) is 2.50. The number of carbonyl (C=O) groups is 2. The third-order valence-electron chi connectivity index (χ3n) is 3.93. The molecule has 2 aromatic rings. The van der Waals surface area contributed by atoms with Crippen LogP contribution in [-0.2, 0) is 14.3 Å². The molecule has 7 heteroatoms. The molecule has 0 heterocycles. The van der Waals surface area contributed by atoms with Crippen LogP contribution in [-0.4, -0.2) is 39.2 Å². The van der Waals surface area contributed by atoms with Gasteiger partial charge >= 0.3 is 5.97 Å². The van der Waals surface area contributed by atoms with E-state index in [4.69, 9.17) is 14.2 Å². The molecule has 0 aromatic heterocycles. The van der Waals surface area contributed by atoms with Crippen molar-refractivity contribution in [3.05, 3.63) is 59.9 Å². The fraction of sp³-hybridized carbons (Fsp3) is 0.238. The van der Waals surface area contributed by atoms with Gasteiger partial charge in [-0.15, -0.1) is 0 Å². The standard InChI is InChI=1S/C21H22FNO5/c1-4-23(17-9-7-16(22)8-10-17)20(24)14-28-21(25)12-6-15-5-11-18(26-2)13-19(15)27-3/h5-13H,4,14H2,1-3H3/b12-6+. The Labute approximate surface area is 163 Å². The normalized spacial score (nSPS) is 10.6. The van der Waals surface area contributed by atoms with E-state index in [0.717, 1.165) is 0 Å². The van der Waals surface area contributed by atoms with Crippen molar-refractivity contribution in [3.63, 3.8) is 0 Å². The number of amides is 1. The summed E-state index contributed by atoms with van der Waals surface area (Å²) in [5.74, 6) is -0.299. The molecule has 0 saturated carbocycles. The van der Waals surface area contributed by atoms with Gasteiger partial charge in [-0.3, -0.25) is 4.79 Å². The molecule has 0 saturated heterocycles. The summed E-state index contributed by atoms with van der Waals surface area (Å²) in [6, 6.07) is 10.7. The van der Waals surface area contributed by atoms with E-state index in [2.05, 4.69) is 0 Å². The minimum atomic E-state index is -0.665. The molecule has 6 nitrogen and oxygen atoms in total. The SMILES string of the molecule is CCN(C(=O)COC(=O)/C=C/c1ccc(OC)cc1OC)c1ccc(F)cc1. The minimum Gasteiger partial charge on any atom is -0.497 e. The van der Waals surface area contributed by atoms with Crippen LogP contribution >= 0.6 is 0 Å². The molecule has 0 aliphatic heterocycles. The van der Waals surface area contributed by atoms with Gasteiger partial charge in [-0.1, -0.05) is 0 Å². The van der Waals surface area contributed by atoms with Crippen LogP contribution in [0.2, 0.25) is 0 Å². The van der Waals surface area contributed by atoms with E-state index in [1.54, 1.807) is 32.2 Å². The summed E-state index contributed by atoms with van der Waals surface area (Å²) >= 11 is 0. The number of ether oxygens (including phenoxy) is 3. The molecule has 148 valence electrons. The van der Waals surface area contributed by atoms with Crippen molar-refractivity contribution in [2.24, 2.45) is 0 Å². The third kappa shape index (κ3) is 5.57. The zero-order valence-corrected chi connectivity index (χ0v) is 16.0. The highest BCUT2D eigenvalue weighted by atomic mass is 19.1. The van der Waals surface area contributed by atoms with E-state index >= 15 is 0 Å². The lowest BCUT2D eigenvalue weighted by Gasteiger charge is -2.20. The molecule has 28 heavy (non-hydrogen) atoms. The van der Waals surface area contributed by atoms with Gasteiger partial charge in [0.05, 0.1) is 14.2 Å². The first-order valence-corrected chi connectivity index (χ1v) is 8.61. The zero-order valence-electron chi connectivity index (χ0n) is 16.0. The molecule has 0 atom stereocenters. The van der Waals surface area contributed by atoms with Crippen molar-refractivity contribution < 1.29 is 28.2 Å². The number of methoxy groups -OCH3 is 2. The first-order chi connectivity index (χ1) is 13.5. The Morgan fingerprint density at radius 2 is 1.79 bits per heavy atom. The fourth-order valence-corrected chi connectivity index (χ4v) is 2.50. The van der Waals surface area contributed by atoms with Crippen LogP contribution in [0.3, 0.4) is 0 Å². The molecule has 0 radical (unpaired) electrons. The Kier molecular flexibility index (Phi) is 7.56. The number of esters is 1. The van der Waals surface area contributed by atoms with Gasteiger partial charge in [0.25, 0.3) is 5.91 Å². The highest BCUT2D eigenvalue weighted by Gasteiger charge is 2.15. The molecule has 0 bridgehead atoms. The highest BCUT2D eigenvalue weighted by molar-refractivity contribution is 5.96. The second kappa shape index (κ2) is 10.1. The van der Waals surface area contributed by atoms with Gasteiger partial charge in [-0.05, 0) is 49.4 Å². The lowest BCUT2D eigenvalue weighted by atomic mass is 10.2. The Bertz CT molecular complexity index is 848. The van der Waals surface area contributed by atoms with E-state index in [1.807, 2.05) is 0 Å². The first kappa shape index (κ1) is 21.0. The Morgan fingerprint density at radius 1 is 1.07 bits per heavy atom. The summed E-state index contributed by atoms with van der Waals surface area (Å²) in [7, 11) is 3.06. The highest BCUT2D eigenvalue weighted by Crippen LogP contribution is 2.25. The molecule has 1 amide bonds. The molecular formula is C21H22FNO5. The lowest BCUT2D eigenvalue weighted by molar-refractivity contribution is -0.142. The quantitative estimate of drug-likeness (QED) is 0.513. The van der Waals surface area contributed by atoms with Crippen LogP contribution in [0.25, 0.3) is 6.08 Å². The molecule has 2 rings (SSSR count). The van der Waals surface area contributed by atoms with Crippen LogP contribution in [0.5, 0.6) is 11.5 Å². The molecule has 0 aliphatic carbocycles. The van der Waals surface area contributed by atoms with Crippen molar-refractivity contribution in [1.29, 1.82) is 0 Å². The van der Waals surface area contributed by atoms with Crippen LogP contribution in [0.15, 0.2) is 48.5 Å². The summed E-state index contributed by atoms with van der Waals surface area (Å²) in [5, 5.41) is 0. The molecule has 0 unspecified atom stereocenters. The van der Waals surface area contributed by atoms with Gasteiger partial charge in [0.2, 0.25) is 0 Å². The first-order valence-electron chi connectivity index (χ1n) is 8.61. The lowest BCUT2D eigenvalue weighted by Crippen LogP contribution is -2.34. The van der Waals surface area contributed by atoms with Crippen LogP contribution in [0, 0.1) is 5.82 Å². The van der Waals surface area contributed by atoms with Crippen molar-refractivity contribution in [2.45, 2.75) is 6.92 Å². The second-order valence-electron chi connectivity index (χ2n) is 5.66. The monoisotopic (exact) mass is 387 g/mol. The van der Waals surface area contributed by atoms with Gasteiger partial charge in [0.1, 0.15) is 17.3 Å². The summed E-state index contributed by atoms with van der Waals surface area (Å²) in [6.45, 7) is 1.72. The number of rotatable bonds is 8. The molecule has 0 N–H and O–H groups in total. The van der Waals surface area contributed by atoms with Crippen molar-refractivity contribution in [2.75, 3.05) is 32.3 Å². The van der Waals surface area contributed by atoms with E-state index in [-0.39, 0.29) is 0 Å². The van der Waals surface area contributed by atoms with E-state index in [0.29, 0.717) is 29.3 Å². The van der Waals surface area contributed by atoms with Crippen LogP contribution in [0.1, 0.15) is 12.5 Å². The maximum atomic E-state index is 13.0. The number of benzene rings is 2. The average molecular weight is 387 g/mol. The number of hydrogen-bond donors (Lipinski definition) is 0. The van der Waals surface area contributed by atoms with Gasteiger partial charge in [-0.25, -0.2) is 9.18 Å². The van der Waals surface area contributed by atoms with E-state index < -0.39 is 24.3 Å². The van der Waals surface area contributed by atoms with Crippen molar-refractivity contribution in [3.8, 4) is 11.5 Å². The predicted molar refractivity (Wildman–Crippen MR) is 104 cm³/mol. The average Bonchev–Trinajstić information content (AvgIpc) is 2.72. The van der Waals surface area contributed by atoms with Gasteiger partial charge < -0.3 is 19.1 Å². The van der Waals surface area contributed by atoms with Gasteiger partial charge in [-0.2, -0.15) is 0 Å². The number of nitrogens with zero attached hydrogens (tertiary/aromatic N) is 1. The van der Waals surface area contributed by atoms with Gasteiger partial charge in [0, 0.05) is 29.9 Å². The summed E-state index contributed by atoms with van der Waals surface area (Å²) in [5.41, 5.74) is 1.19. The molecule has 0 aliphatic rings. The predicted octanol–water partition coefficient (Wildman–Crippen LogP) is 3.45. The smallest absolute Gasteiger partial charge is 0.331 e. The summed E-state index contributed by atoms with van der Waals surface area (Å²) < 4.78 is 28.4. The van der Waals surface area contributed by atoms with Crippen LogP contribution < -0.4 is 14.4 Å². The Morgan fingerprint density at radius 3 is 2.39 bits per heavy atom. The van der Waals surface area contributed by atoms with E-state index in [1.165, 1.54) is 48.4 Å². The maximum absolute atomic E-state index is 13.0. The van der Waals surface area contributed by atoms with Gasteiger partial charge in [0.15, 0.2) is 6.61 Å². The number of halogens is 1. The molecule has 0 fully saturated rings. The second-order valence-corrected chi connectivity index (χ2v) is 5.66. The minimum absolute atomic E-state index is 0.362. The molecular weight excluding hydrogens is 365 g/mol. The topological polar surface area (TPSA) is 65.1 Å². The third-order valence-corrected chi connectivity index (χ3v) is 3.93. The largest absolute Gasteiger partial charge is 0.497 e. The number of hydrogen-bond acceptors (Lipinski definition) is 5. The maximum Gasteiger partial charge on any atom is 0.331 e. The summed E-state index contributed by atoms with van der Waals surface area (Å²) in [6.07, 6.45) is 2.74. The molecule has 0 spiro atoms. The number of carbonyl (C=O) groups excluding carboxylic acids is 2. The molecule has 2 aromatic carbocycles. The summed E-state index contributed by atoms with van der Waals surface area (Å²) in [4.78, 5) is 25.7.